The lowest BCUT2D eigenvalue weighted by Crippen LogP contribution is -2.27. The molecular weight excluding hydrogens is 192 g/mol. The summed E-state index contributed by atoms with van der Waals surface area (Å²) in [5.41, 5.74) is 0.459. The van der Waals surface area contributed by atoms with Gasteiger partial charge in [0.2, 0.25) is 0 Å². The van der Waals surface area contributed by atoms with Crippen LogP contribution in [0.25, 0.3) is 0 Å². The van der Waals surface area contributed by atoms with Gasteiger partial charge in [-0.3, -0.25) is 9.48 Å². The number of aromatic nitrogens is 2. The van der Waals surface area contributed by atoms with Gasteiger partial charge in [0.15, 0.2) is 0 Å². The normalized spacial score (nSPS) is 14.9. The third-order valence-electron chi connectivity index (χ3n) is 3.15. The van der Waals surface area contributed by atoms with Crippen LogP contribution in [-0.2, 0) is 18.3 Å². The minimum atomic E-state index is -0.716. The van der Waals surface area contributed by atoms with E-state index in [2.05, 4.69) is 5.10 Å². The maximum atomic E-state index is 11.1. The van der Waals surface area contributed by atoms with Crippen molar-refractivity contribution in [2.75, 3.05) is 0 Å². The fraction of sp³-hybridized carbons (Fsp3) is 0.636. The smallest absolute Gasteiger partial charge is 0.309 e. The third kappa shape index (κ3) is 2.58. The van der Waals surface area contributed by atoms with Gasteiger partial charge in [0.05, 0.1) is 5.41 Å². The average molecular weight is 210 g/mol. The molecule has 4 nitrogen and oxygen atoms in total. The van der Waals surface area contributed by atoms with E-state index < -0.39 is 11.4 Å². The van der Waals surface area contributed by atoms with E-state index in [1.807, 2.05) is 20.0 Å². The van der Waals surface area contributed by atoms with Gasteiger partial charge in [-0.25, -0.2) is 0 Å². The molecule has 1 rings (SSSR count). The van der Waals surface area contributed by atoms with E-state index in [0.29, 0.717) is 12.8 Å². The lowest BCUT2D eigenvalue weighted by atomic mass is 9.82. The van der Waals surface area contributed by atoms with Crippen molar-refractivity contribution in [2.24, 2.45) is 12.5 Å². The van der Waals surface area contributed by atoms with E-state index in [9.17, 15) is 4.79 Å². The molecule has 0 fully saturated rings. The van der Waals surface area contributed by atoms with Crippen LogP contribution < -0.4 is 0 Å². The molecule has 0 aromatic carbocycles. The highest BCUT2D eigenvalue weighted by Crippen LogP contribution is 2.27. The number of carboxylic acids is 1. The van der Waals surface area contributed by atoms with Crippen molar-refractivity contribution in [3.05, 3.63) is 18.0 Å². The molecule has 1 aromatic rings. The SMILES string of the molecule is CCC(C)(CCc1ccnn1C)C(=O)O. The van der Waals surface area contributed by atoms with Gasteiger partial charge in [-0.15, -0.1) is 0 Å². The van der Waals surface area contributed by atoms with Crippen LogP contribution in [0.1, 0.15) is 32.4 Å². The Kier molecular flexibility index (Phi) is 3.50. The maximum Gasteiger partial charge on any atom is 0.309 e. The second-order valence-electron chi connectivity index (χ2n) is 4.17. The molecule has 15 heavy (non-hydrogen) atoms. The van der Waals surface area contributed by atoms with Crippen LogP contribution in [0.3, 0.4) is 0 Å². The summed E-state index contributed by atoms with van der Waals surface area (Å²) in [5, 5.41) is 13.2. The van der Waals surface area contributed by atoms with E-state index in [1.165, 1.54) is 0 Å². The highest BCUT2D eigenvalue weighted by atomic mass is 16.4. The Morgan fingerprint density at radius 3 is 2.73 bits per heavy atom. The molecule has 0 aliphatic heterocycles. The van der Waals surface area contributed by atoms with Crippen molar-refractivity contribution in [3.8, 4) is 0 Å². The summed E-state index contributed by atoms with van der Waals surface area (Å²) in [6.45, 7) is 3.71. The van der Waals surface area contributed by atoms with Gasteiger partial charge in [0, 0.05) is 18.9 Å². The Bertz CT molecular complexity index is 346. The maximum absolute atomic E-state index is 11.1. The zero-order valence-corrected chi connectivity index (χ0v) is 9.53. The first-order valence-electron chi connectivity index (χ1n) is 5.20. The van der Waals surface area contributed by atoms with Crippen molar-refractivity contribution in [1.82, 2.24) is 9.78 Å². The molecule has 4 heteroatoms. The zero-order valence-electron chi connectivity index (χ0n) is 9.53. The van der Waals surface area contributed by atoms with E-state index in [-0.39, 0.29) is 0 Å². The molecule has 0 radical (unpaired) electrons. The molecule has 1 atom stereocenters. The Hall–Kier alpha value is -1.32. The lowest BCUT2D eigenvalue weighted by Gasteiger charge is -2.22. The minimum absolute atomic E-state index is 0.621. The molecule has 1 unspecified atom stereocenters. The standard InChI is InChI=1S/C11H18N2O2/c1-4-11(2,10(14)15)7-5-9-6-8-12-13(9)3/h6,8H,4-5,7H2,1-3H3,(H,14,15). The number of aryl methyl sites for hydroxylation is 2. The molecule has 0 amide bonds. The largest absolute Gasteiger partial charge is 0.481 e. The monoisotopic (exact) mass is 210 g/mol. The number of nitrogens with zero attached hydrogens (tertiary/aromatic N) is 2. The molecule has 0 saturated carbocycles. The van der Waals surface area contributed by atoms with Crippen LogP contribution in [0, 0.1) is 5.41 Å². The zero-order chi connectivity index (χ0) is 11.5. The number of carbonyl (C=O) groups is 1. The molecule has 84 valence electrons. The summed E-state index contributed by atoms with van der Waals surface area (Å²) in [6.07, 6.45) is 3.80. The minimum Gasteiger partial charge on any atom is -0.481 e. The number of carboxylic acid groups (broad SMARTS) is 1. The first-order valence-corrected chi connectivity index (χ1v) is 5.20. The van der Waals surface area contributed by atoms with Crippen LogP contribution in [0.4, 0.5) is 0 Å². The van der Waals surface area contributed by atoms with E-state index >= 15 is 0 Å². The second-order valence-corrected chi connectivity index (χ2v) is 4.17. The molecule has 0 bridgehead atoms. The van der Waals surface area contributed by atoms with Gasteiger partial charge >= 0.3 is 5.97 Å². The summed E-state index contributed by atoms with van der Waals surface area (Å²) < 4.78 is 1.79. The van der Waals surface area contributed by atoms with Gasteiger partial charge in [-0.05, 0) is 32.3 Å². The molecule has 1 N–H and O–H groups in total. The highest BCUT2D eigenvalue weighted by Gasteiger charge is 2.30. The summed E-state index contributed by atoms with van der Waals surface area (Å²) in [6, 6.07) is 1.93. The number of hydrogen-bond acceptors (Lipinski definition) is 2. The summed E-state index contributed by atoms with van der Waals surface area (Å²) in [4.78, 5) is 11.1. The Morgan fingerprint density at radius 1 is 1.67 bits per heavy atom. The van der Waals surface area contributed by atoms with Gasteiger partial charge < -0.3 is 5.11 Å². The predicted molar refractivity (Wildman–Crippen MR) is 57.6 cm³/mol. The first kappa shape index (κ1) is 11.8. The molecule has 0 saturated heterocycles. The molecule has 0 spiro atoms. The van der Waals surface area contributed by atoms with Crippen LogP contribution in [0.15, 0.2) is 12.3 Å². The van der Waals surface area contributed by atoms with Crippen molar-refractivity contribution in [2.45, 2.75) is 33.1 Å². The molecule has 0 aliphatic carbocycles. The van der Waals surface area contributed by atoms with E-state index in [4.69, 9.17) is 5.11 Å². The third-order valence-corrected chi connectivity index (χ3v) is 3.15. The molecular formula is C11H18N2O2. The topological polar surface area (TPSA) is 55.1 Å². The van der Waals surface area contributed by atoms with Gasteiger partial charge in [-0.1, -0.05) is 6.92 Å². The van der Waals surface area contributed by atoms with E-state index in [1.54, 1.807) is 17.8 Å². The van der Waals surface area contributed by atoms with Crippen LogP contribution in [0.2, 0.25) is 0 Å². The van der Waals surface area contributed by atoms with Gasteiger partial charge in [0.25, 0.3) is 0 Å². The van der Waals surface area contributed by atoms with Gasteiger partial charge in [0.1, 0.15) is 0 Å². The Labute approximate surface area is 89.9 Å². The fourth-order valence-corrected chi connectivity index (χ4v) is 1.49. The molecule has 1 heterocycles. The van der Waals surface area contributed by atoms with Gasteiger partial charge in [-0.2, -0.15) is 5.10 Å². The lowest BCUT2D eigenvalue weighted by molar-refractivity contribution is -0.148. The molecule has 0 aliphatic rings. The second kappa shape index (κ2) is 4.47. The number of hydrogen-bond donors (Lipinski definition) is 1. The van der Waals surface area contributed by atoms with Crippen molar-refractivity contribution < 1.29 is 9.90 Å². The highest BCUT2D eigenvalue weighted by molar-refractivity contribution is 5.73. The Balaban J connectivity index is 2.63. The number of aliphatic carboxylic acids is 1. The van der Waals surface area contributed by atoms with E-state index in [0.717, 1.165) is 12.1 Å². The van der Waals surface area contributed by atoms with Crippen molar-refractivity contribution in [1.29, 1.82) is 0 Å². The van der Waals surface area contributed by atoms with Crippen LogP contribution in [0.5, 0.6) is 0 Å². The first-order chi connectivity index (χ1) is 6.99. The summed E-state index contributed by atoms with van der Waals surface area (Å²) >= 11 is 0. The van der Waals surface area contributed by atoms with Crippen molar-refractivity contribution in [3.63, 3.8) is 0 Å². The quantitative estimate of drug-likeness (QED) is 0.807. The summed E-state index contributed by atoms with van der Waals surface area (Å²) in [7, 11) is 1.87. The Morgan fingerprint density at radius 2 is 2.33 bits per heavy atom. The predicted octanol–water partition coefficient (Wildman–Crippen LogP) is 1.85. The fourth-order valence-electron chi connectivity index (χ4n) is 1.49. The number of rotatable bonds is 5. The van der Waals surface area contributed by atoms with Crippen LogP contribution >= 0.6 is 0 Å². The average Bonchev–Trinajstić information content (AvgIpc) is 2.60. The molecule has 1 aromatic heterocycles. The van der Waals surface area contributed by atoms with Crippen molar-refractivity contribution >= 4 is 5.97 Å². The van der Waals surface area contributed by atoms with Crippen LogP contribution in [-0.4, -0.2) is 20.9 Å². The summed E-state index contributed by atoms with van der Waals surface area (Å²) in [5.74, 6) is -0.716.